The predicted octanol–water partition coefficient (Wildman–Crippen LogP) is 3.67. The van der Waals surface area contributed by atoms with Crippen molar-refractivity contribution in [2.75, 3.05) is 5.75 Å². The third-order valence-corrected chi connectivity index (χ3v) is 4.43. The van der Waals surface area contributed by atoms with E-state index in [0.717, 1.165) is 5.56 Å². The molecule has 1 heterocycles. The first-order valence-electron chi connectivity index (χ1n) is 7.43. The number of amides is 1. The van der Waals surface area contributed by atoms with Crippen molar-refractivity contribution in [1.29, 1.82) is 0 Å². The molecule has 0 aliphatic carbocycles. The molecule has 0 saturated heterocycles. The Morgan fingerprint density at radius 1 is 1.20 bits per heavy atom. The van der Waals surface area contributed by atoms with E-state index in [9.17, 15) is 9.18 Å². The Balaban J connectivity index is 1.51. The quantitative estimate of drug-likeness (QED) is 0.644. The number of aromatic nitrogens is 3. The zero-order valence-electron chi connectivity index (χ0n) is 13.0. The van der Waals surface area contributed by atoms with Gasteiger partial charge in [-0.15, -0.1) is 5.10 Å². The van der Waals surface area contributed by atoms with Crippen LogP contribution in [0, 0.1) is 5.82 Å². The molecular formula is C17H14ClFN4OS. The normalized spacial score (nSPS) is 10.6. The Kier molecular flexibility index (Phi) is 5.67. The minimum Gasteiger partial charge on any atom is -0.351 e. The van der Waals surface area contributed by atoms with Crippen LogP contribution in [0.2, 0.25) is 5.02 Å². The van der Waals surface area contributed by atoms with Crippen molar-refractivity contribution in [2.45, 2.75) is 11.7 Å². The number of rotatable bonds is 6. The molecule has 8 heteroatoms. The summed E-state index contributed by atoms with van der Waals surface area (Å²) in [5, 5.41) is 10.5. The van der Waals surface area contributed by atoms with E-state index in [2.05, 4.69) is 20.5 Å². The van der Waals surface area contributed by atoms with Gasteiger partial charge in [0.2, 0.25) is 11.1 Å². The first-order chi connectivity index (χ1) is 12.1. The van der Waals surface area contributed by atoms with Crippen molar-refractivity contribution < 1.29 is 9.18 Å². The maximum absolute atomic E-state index is 13.7. The number of nitrogens with one attached hydrogen (secondary N) is 2. The Hall–Kier alpha value is -2.38. The average Bonchev–Trinajstić information content (AvgIpc) is 3.08. The van der Waals surface area contributed by atoms with E-state index in [1.165, 1.54) is 17.8 Å². The van der Waals surface area contributed by atoms with E-state index < -0.39 is 0 Å². The minimum absolute atomic E-state index is 0.141. The summed E-state index contributed by atoms with van der Waals surface area (Å²) in [4.78, 5) is 16.1. The summed E-state index contributed by atoms with van der Waals surface area (Å²) < 4.78 is 13.7. The largest absolute Gasteiger partial charge is 0.351 e. The highest BCUT2D eigenvalue weighted by Gasteiger charge is 2.11. The molecule has 2 N–H and O–H groups in total. The van der Waals surface area contributed by atoms with Crippen LogP contribution in [0.25, 0.3) is 11.4 Å². The number of carbonyl (C=O) groups excluding carboxylic acids is 1. The lowest BCUT2D eigenvalue weighted by atomic mass is 10.2. The van der Waals surface area contributed by atoms with E-state index in [1.807, 2.05) is 12.1 Å². The molecule has 1 amide bonds. The standard InChI is InChI=1S/C17H14ClFN4OS/c18-12-7-5-11(6-8-12)9-20-15(24)10-25-17-21-16(22-23-17)13-3-1-2-4-14(13)19/h1-8H,9-10H2,(H,20,24)(H,21,22,23). The smallest absolute Gasteiger partial charge is 0.230 e. The number of carbonyl (C=O) groups is 1. The fourth-order valence-corrected chi connectivity index (χ4v) is 2.82. The van der Waals surface area contributed by atoms with Gasteiger partial charge in [-0.05, 0) is 29.8 Å². The molecule has 0 atom stereocenters. The lowest BCUT2D eigenvalue weighted by molar-refractivity contribution is -0.118. The van der Waals surface area contributed by atoms with Gasteiger partial charge >= 0.3 is 0 Å². The van der Waals surface area contributed by atoms with Crippen LogP contribution in [0.3, 0.4) is 0 Å². The lowest BCUT2D eigenvalue weighted by Gasteiger charge is -2.04. The number of hydrogen-bond acceptors (Lipinski definition) is 4. The molecule has 0 unspecified atom stereocenters. The molecule has 2 aromatic carbocycles. The van der Waals surface area contributed by atoms with Crippen LogP contribution in [0.5, 0.6) is 0 Å². The molecule has 128 valence electrons. The van der Waals surface area contributed by atoms with Crippen LogP contribution < -0.4 is 5.32 Å². The van der Waals surface area contributed by atoms with Gasteiger partial charge < -0.3 is 5.32 Å². The highest BCUT2D eigenvalue weighted by molar-refractivity contribution is 7.99. The fourth-order valence-electron chi connectivity index (χ4n) is 2.07. The van der Waals surface area contributed by atoms with Crippen LogP contribution in [-0.2, 0) is 11.3 Å². The summed E-state index contributed by atoms with van der Waals surface area (Å²) in [6.45, 7) is 0.422. The number of thioether (sulfide) groups is 1. The number of hydrogen-bond donors (Lipinski definition) is 2. The first kappa shape index (κ1) is 17.4. The first-order valence-corrected chi connectivity index (χ1v) is 8.79. The summed E-state index contributed by atoms with van der Waals surface area (Å²) in [5.41, 5.74) is 1.30. The maximum atomic E-state index is 13.7. The molecule has 0 fully saturated rings. The van der Waals surface area contributed by atoms with Crippen molar-refractivity contribution in [1.82, 2.24) is 20.5 Å². The van der Waals surface area contributed by atoms with Gasteiger partial charge in [0.25, 0.3) is 0 Å². The number of aromatic amines is 1. The third kappa shape index (κ3) is 4.80. The number of H-pyrrole nitrogens is 1. The van der Waals surface area contributed by atoms with Crippen molar-refractivity contribution in [3.8, 4) is 11.4 Å². The van der Waals surface area contributed by atoms with Crippen molar-refractivity contribution in [3.63, 3.8) is 0 Å². The molecule has 3 rings (SSSR count). The van der Waals surface area contributed by atoms with Gasteiger partial charge in [-0.1, -0.05) is 47.6 Å². The van der Waals surface area contributed by atoms with Crippen molar-refractivity contribution in [3.05, 3.63) is 64.9 Å². The molecule has 0 bridgehead atoms. The van der Waals surface area contributed by atoms with Gasteiger partial charge in [0.15, 0.2) is 5.82 Å². The van der Waals surface area contributed by atoms with Crippen LogP contribution in [0.1, 0.15) is 5.56 Å². The fraction of sp³-hybridized carbons (Fsp3) is 0.118. The topological polar surface area (TPSA) is 70.7 Å². The second-order valence-corrected chi connectivity index (χ2v) is 6.52. The zero-order valence-corrected chi connectivity index (χ0v) is 14.6. The van der Waals surface area contributed by atoms with Gasteiger partial charge in [-0.2, -0.15) is 0 Å². The van der Waals surface area contributed by atoms with E-state index in [1.54, 1.807) is 30.3 Å². The number of nitrogens with zero attached hydrogens (tertiary/aromatic N) is 2. The minimum atomic E-state index is -0.379. The van der Waals surface area contributed by atoms with Crippen molar-refractivity contribution in [2.24, 2.45) is 0 Å². The van der Waals surface area contributed by atoms with Gasteiger partial charge in [-0.3, -0.25) is 9.89 Å². The molecule has 0 saturated carbocycles. The molecule has 0 aliphatic rings. The van der Waals surface area contributed by atoms with Crippen LogP contribution in [0.15, 0.2) is 53.7 Å². The summed E-state index contributed by atoms with van der Waals surface area (Å²) in [6.07, 6.45) is 0. The van der Waals surface area contributed by atoms with Crippen LogP contribution in [-0.4, -0.2) is 26.8 Å². The number of halogens is 2. The maximum Gasteiger partial charge on any atom is 0.230 e. The molecule has 3 aromatic rings. The Morgan fingerprint density at radius 2 is 1.96 bits per heavy atom. The molecule has 0 radical (unpaired) electrons. The number of benzene rings is 2. The SMILES string of the molecule is O=C(CSc1n[nH]c(-c2ccccc2F)n1)NCc1ccc(Cl)cc1. The Bertz CT molecular complexity index is 869. The Labute approximate surface area is 153 Å². The zero-order chi connectivity index (χ0) is 17.6. The monoisotopic (exact) mass is 376 g/mol. The summed E-state index contributed by atoms with van der Waals surface area (Å²) >= 11 is 7.00. The van der Waals surface area contributed by atoms with E-state index in [0.29, 0.717) is 28.1 Å². The molecule has 5 nitrogen and oxygen atoms in total. The molecular weight excluding hydrogens is 363 g/mol. The van der Waals surface area contributed by atoms with E-state index in [-0.39, 0.29) is 17.5 Å². The lowest BCUT2D eigenvalue weighted by Crippen LogP contribution is -2.24. The third-order valence-electron chi connectivity index (χ3n) is 3.33. The van der Waals surface area contributed by atoms with Gasteiger partial charge in [0.1, 0.15) is 5.82 Å². The van der Waals surface area contributed by atoms with Gasteiger partial charge in [-0.25, -0.2) is 9.37 Å². The molecule has 1 aromatic heterocycles. The highest BCUT2D eigenvalue weighted by Crippen LogP contribution is 2.21. The van der Waals surface area contributed by atoms with Gasteiger partial charge in [0, 0.05) is 11.6 Å². The predicted molar refractivity (Wildman–Crippen MR) is 95.8 cm³/mol. The average molecular weight is 377 g/mol. The van der Waals surface area contributed by atoms with E-state index >= 15 is 0 Å². The van der Waals surface area contributed by atoms with Crippen LogP contribution >= 0.6 is 23.4 Å². The van der Waals surface area contributed by atoms with Gasteiger partial charge in [0.05, 0.1) is 11.3 Å². The molecule has 25 heavy (non-hydrogen) atoms. The summed E-state index contributed by atoms with van der Waals surface area (Å²) in [5.74, 6) is -0.0161. The highest BCUT2D eigenvalue weighted by atomic mass is 35.5. The summed E-state index contributed by atoms with van der Waals surface area (Å²) in [7, 11) is 0. The second-order valence-electron chi connectivity index (χ2n) is 5.14. The van der Waals surface area contributed by atoms with E-state index in [4.69, 9.17) is 11.6 Å². The molecule has 0 aliphatic heterocycles. The van der Waals surface area contributed by atoms with Crippen LogP contribution in [0.4, 0.5) is 4.39 Å². The Morgan fingerprint density at radius 3 is 2.72 bits per heavy atom. The molecule has 0 spiro atoms. The second kappa shape index (κ2) is 8.13. The van der Waals surface area contributed by atoms with Crippen molar-refractivity contribution >= 4 is 29.3 Å². The summed E-state index contributed by atoms with van der Waals surface area (Å²) in [6, 6.07) is 13.6.